The molecule has 1 amide bonds. The van der Waals surface area contributed by atoms with Gasteiger partial charge in [0.1, 0.15) is 10.6 Å². The summed E-state index contributed by atoms with van der Waals surface area (Å²) in [5.41, 5.74) is -0.431. The maximum absolute atomic E-state index is 12.2. The van der Waals surface area contributed by atoms with Crippen LogP contribution in [0.4, 0.5) is 4.79 Å². The van der Waals surface area contributed by atoms with E-state index < -0.39 is 5.60 Å². The van der Waals surface area contributed by atoms with E-state index in [9.17, 15) is 4.79 Å². The van der Waals surface area contributed by atoms with Crippen LogP contribution in [-0.2, 0) is 4.74 Å². The second kappa shape index (κ2) is 8.11. The molecule has 6 heteroatoms. The zero-order chi connectivity index (χ0) is 16.9. The molecule has 0 aliphatic carbocycles. The number of nitrogens with one attached hydrogen (secondary N) is 1. The Labute approximate surface area is 143 Å². The van der Waals surface area contributed by atoms with Gasteiger partial charge in [-0.2, -0.15) is 0 Å². The average molecular weight is 340 g/mol. The van der Waals surface area contributed by atoms with Crippen LogP contribution in [0.2, 0.25) is 0 Å². The molecule has 0 spiro atoms. The van der Waals surface area contributed by atoms with Crippen molar-refractivity contribution < 1.29 is 9.53 Å². The topological polar surface area (TPSA) is 54.5 Å². The highest BCUT2D eigenvalue weighted by Crippen LogP contribution is 2.22. The van der Waals surface area contributed by atoms with Crippen LogP contribution in [-0.4, -0.2) is 40.7 Å². The fraction of sp³-hybridized carbons (Fsp3) is 0.765. The Morgan fingerprint density at radius 2 is 2.26 bits per heavy atom. The predicted molar refractivity (Wildman–Crippen MR) is 93.7 cm³/mol. The molecule has 0 saturated carbocycles. The number of carbonyl (C=O) groups excluding carboxylic acids is 1. The van der Waals surface area contributed by atoms with Gasteiger partial charge in [-0.3, -0.25) is 0 Å². The molecule has 1 N–H and O–H groups in total. The van der Waals surface area contributed by atoms with Crippen LogP contribution in [0, 0.1) is 0 Å². The molecule has 5 nitrogen and oxygen atoms in total. The fourth-order valence-corrected chi connectivity index (χ4v) is 3.61. The molecule has 1 aromatic rings. The second-order valence-electron chi connectivity index (χ2n) is 7.09. The summed E-state index contributed by atoms with van der Waals surface area (Å²) < 4.78 is 5.49. The molecule has 0 radical (unpaired) electrons. The zero-order valence-corrected chi connectivity index (χ0v) is 15.5. The van der Waals surface area contributed by atoms with Crippen molar-refractivity contribution >= 4 is 17.4 Å². The molecule has 1 saturated heterocycles. The van der Waals surface area contributed by atoms with E-state index in [1.807, 2.05) is 37.2 Å². The molecule has 130 valence electrons. The summed E-state index contributed by atoms with van der Waals surface area (Å²) in [6.45, 7) is 9.44. The molecular weight excluding hydrogens is 310 g/mol. The minimum atomic E-state index is -0.431. The van der Waals surface area contributed by atoms with E-state index in [2.05, 4.69) is 17.2 Å². The highest BCUT2D eigenvalue weighted by molar-refractivity contribution is 7.09. The molecule has 0 aromatic carbocycles. The van der Waals surface area contributed by atoms with Crippen molar-refractivity contribution in [3.63, 3.8) is 0 Å². The van der Waals surface area contributed by atoms with E-state index in [4.69, 9.17) is 4.74 Å². The first kappa shape index (κ1) is 18.2. The summed E-state index contributed by atoms with van der Waals surface area (Å²) in [6, 6.07) is 0.740. The summed E-state index contributed by atoms with van der Waals surface area (Å²) in [7, 11) is 0. The summed E-state index contributed by atoms with van der Waals surface area (Å²) in [6.07, 6.45) is 5.75. The lowest BCUT2D eigenvalue weighted by atomic mass is 10.1. The maximum Gasteiger partial charge on any atom is 0.410 e. The van der Waals surface area contributed by atoms with Gasteiger partial charge in [0.25, 0.3) is 0 Å². The maximum atomic E-state index is 12.2. The van der Waals surface area contributed by atoms with Gasteiger partial charge in [0.05, 0.1) is 6.04 Å². The third-order valence-electron chi connectivity index (χ3n) is 3.97. The second-order valence-corrected chi connectivity index (χ2v) is 8.02. The van der Waals surface area contributed by atoms with Crippen molar-refractivity contribution in [2.45, 2.75) is 71.1 Å². The van der Waals surface area contributed by atoms with Crippen LogP contribution in [0.3, 0.4) is 0 Å². The van der Waals surface area contributed by atoms with Crippen molar-refractivity contribution in [3.05, 3.63) is 16.6 Å². The lowest BCUT2D eigenvalue weighted by molar-refractivity contribution is 0.0256. The summed E-state index contributed by atoms with van der Waals surface area (Å²) in [5, 5.41) is 6.90. The van der Waals surface area contributed by atoms with Crippen LogP contribution in [0.1, 0.15) is 64.4 Å². The number of amides is 1. The number of rotatable bonds is 4. The third-order valence-corrected chi connectivity index (χ3v) is 4.86. The standard InChI is InChI=1S/C17H29N3O2S/c1-5-14(15-18-9-12-23-15)19-13-7-6-10-20(11-8-13)16(21)22-17(2,3)4/h9,12-14,19H,5-8,10-11H2,1-4H3. The summed E-state index contributed by atoms with van der Waals surface area (Å²) >= 11 is 1.70. The van der Waals surface area contributed by atoms with Crippen molar-refractivity contribution in [3.8, 4) is 0 Å². The highest BCUT2D eigenvalue weighted by atomic mass is 32.1. The first-order valence-electron chi connectivity index (χ1n) is 8.52. The molecular formula is C17H29N3O2S. The first-order valence-corrected chi connectivity index (χ1v) is 9.40. The smallest absolute Gasteiger partial charge is 0.410 e. The van der Waals surface area contributed by atoms with Crippen LogP contribution < -0.4 is 5.32 Å². The fourth-order valence-electron chi connectivity index (χ4n) is 2.83. The molecule has 2 heterocycles. The summed E-state index contributed by atoms with van der Waals surface area (Å²) in [5.74, 6) is 0. The molecule has 23 heavy (non-hydrogen) atoms. The monoisotopic (exact) mass is 339 g/mol. The molecule has 1 fully saturated rings. The Hall–Kier alpha value is -1.14. The van der Waals surface area contributed by atoms with Crippen LogP contribution in [0.5, 0.6) is 0 Å². The van der Waals surface area contributed by atoms with Gasteiger partial charge < -0.3 is 15.0 Å². The number of hydrogen-bond acceptors (Lipinski definition) is 5. The average Bonchev–Trinajstić information content (AvgIpc) is 2.89. The quantitative estimate of drug-likeness (QED) is 0.902. The van der Waals surface area contributed by atoms with Gasteiger partial charge in [0.15, 0.2) is 0 Å². The van der Waals surface area contributed by atoms with Gasteiger partial charge in [-0.15, -0.1) is 11.3 Å². The number of likely N-dealkylation sites (tertiary alicyclic amines) is 1. The Morgan fingerprint density at radius 3 is 2.87 bits per heavy atom. The zero-order valence-electron chi connectivity index (χ0n) is 14.7. The SMILES string of the molecule is CCC(NC1CCCN(C(=O)OC(C)(C)C)CC1)c1nccs1. The Balaban J connectivity index is 1.87. The van der Waals surface area contributed by atoms with E-state index in [1.165, 1.54) is 0 Å². The number of hydrogen-bond donors (Lipinski definition) is 1. The minimum absolute atomic E-state index is 0.190. The van der Waals surface area contributed by atoms with E-state index in [0.29, 0.717) is 12.1 Å². The van der Waals surface area contributed by atoms with Gasteiger partial charge >= 0.3 is 6.09 Å². The van der Waals surface area contributed by atoms with E-state index in [-0.39, 0.29) is 6.09 Å². The Morgan fingerprint density at radius 1 is 1.48 bits per heavy atom. The first-order chi connectivity index (χ1) is 10.9. The van der Waals surface area contributed by atoms with Crippen molar-refractivity contribution in [2.75, 3.05) is 13.1 Å². The lowest BCUT2D eigenvalue weighted by Crippen LogP contribution is -2.38. The number of ether oxygens (including phenoxy) is 1. The Kier molecular flexibility index (Phi) is 6.41. The van der Waals surface area contributed by atoms with Gasteiger partial charge in [-0.05, 0) is 46.5 Å². The number of thiazole rings is 1. The van der Waals surface area contributed by atoms with Crippen LogP contribution in [0.25, 0.3) is 0 Å². The normalized spacial score (nSPS) is 20.9. The molecule has 2 atom stereocenters. The molecule has 2 unspecified atom stereocenters. The molecule has 0 bridgehead atoms. The van der Waals surface area contributed by atoms with Crippen molar-refractivity contribution in [2.24, 2.45) is 0 Å². The van der Waals surface area contributed by atoms with Gasteiger partial charge in [0, 0.05) is 30.7 Å². The van der Waals surface area contributed by atoms with Gasteiger partial charge in [0.2, 0.25) is 0 Å². The van der Waals surface area contributed by atoms with Crippen molar-refractivity contribution in [1.29, 1.82) is 0 Å². The minimum Gasteiger partial charge on any atom is -0.444 e. The molecule has 2 rings (SSSR count). The highest BCUT2D eigenvalue weighted by Gasteiger charge is 2.26. The van der Waals surface area contributed by atoms with Crippen LogP contribution in [0.15, 0.2) is 11.6 Å². The summed E-state index contributed by atoms with van der Waals surface area (Å²) in [4.78, 5) is 18.5. The molecule has 1 aliphatic heterocycles. The molecule has 1 aromatic heterocycles. The number of carbonyl (C=O) groups is 1. The number of nitrogens with zero attached hydrogens (tertiary/aromatic N) is 2. The lowest BCUT2D eigenvalue weighted by Gasteiger charge is -2.26. The Bertz CT molecular complexity index is 485. The van der Waals surface area contributed by atoms with Gasteiger partial charge in [-0.1, -0.05) is 6.92 Å². The van der Waals surface area contributed by atoms with E-state index in [0.717, 1.165) is 43.8 Å². The predicted octanol–water partition coefficient (Wildman–Crippen LogP) is 3.97. The van der Waals surface area contributed by atoms with Crippen molar-refractivity contribution in [1.82, 2.24) is 15.2 Å². The van der Waals surface area contributed by atoms with E-state index in [1.54, 1.807) is 11.3 Å². The number of aromatic nitrogens is 1. The van der Waals surface area contributed by atoms with E-state index >= 15 is 0 Å². The van der Waals surface area contributed by atoms with Gasteiger partial charge in [-0.25, -0.2) is 9.78 Å². The van der Waals surface area contributed by atoms with Crippen LogP contribution >= 0.6 is 11.3 Å². The largest absolute Gasteiger partial charge is 0.444 e. The third kappa shape index (κ3) is 5.77. The molecule has 1 aliphatic rings.